The van der Waals surface area contributed by atoms with Gasteiger partial charge in [-0.25, -0.2) is 4.39 Å². The van der Waals surface area contributed by atoms with Crippen LogP contribution in [0.15, 0.2) is 41.2 Å². The van der Waals surface area contributed by atoms with Crippen molar-refractivity contribution >= 4 is 28.2 Å². The van der Waals surface area contributed by atoms with Gasteiger partial charge in [0.25, 0.3) is 0 Å². The van der Waals surface area contributed by atoms with Crippen LogP contribution in [-0.2, 0) is 4.74 Å². The van der Waals surface area contributed by atoms with Crippen molar-refractivity contribution in [2.75, 3.05) is 26.1 Å². The summed E-state index contributed by atoms with van der Waals surface area (Å²) in [4.78, 5) is 14.3. The maximum Gasteiger partial charge on any atom is 0.421 e. The Bertz CT molecular complexity index is 1230. The van der Waals surface area contributed by atoms with E-state index in [0.29, 0.717) is 16.5 Å². The standard InChI is InChI=1S/C22H21ClF4N2O4/c1-11-8-14-12(5-7-17(30)28-14)15(9-11)29-20(21(31,10-32-2)22(25,26)27)13-4-6-16(33-3)19(24)18(13)23/h4-9,20,29,31H,10H2,1-3H3,(H,28,30). The van der Waals surface area contributed by atoms with Crippen LogP contribution in [0.1, 0.15) is 17.2 Å². The van der Waals surface area contributed by atoms with Gasteiger partial charge in [0.15, 0.2) is 11.6 Å². The molecular weight excluding hydrogens is 468 g/mol. The lowest BCUT2D eigenvalue weighted by Gasteiger charge is -2.39. The zero-order valence-electron chi connectivity index (χ0n) is 17.8. The van der Waals surface area contributed by atoms with Crippen molar-refractivity contribution in [3.05, 3.63) is 68.7 Å². The molecule has 0 radical (unpaired) electrons. The van der Waals surface area contributed by atoms with Crippen molar-refractivity contribution in [1.82, 2.24) is 4.98 Å². The summed E-state index contributed by atoms with van der Waals surface area (Å²) < 4.78 is 66.7. The third-order valence-electron chi connectivity index (χ3n) is 5.22. The molecule has 3 rings (SSSR count). The number of methoxy groups -OCH3 is 2. The number of H-pyrrole nitrogens is 1. The number of benzene rings is 2. The van der Waals surface area contributed by atoms with Crippen LogP contribution < -0.4 is 15.6 Å². The monoisotopic (exact) mass is 488 g/mol. The fraction of sp³-hybridized carbons (Fsp3) is 0.318. The van der Waals surface area contributed by atoms with Crippen LogP contribution in [0.3, 0.4) is 0 Å². The molecule has 0 aliphatic carbocycles. The number of ether oxygens (including phenoxy) is 2. The number of aromatic amines is 1. The van der Waals surface area contributed by atoms with Gasteiger partial charge in [-0.1, -0.05) is 17.7 Å². The fourth-order valence-corrected chi connectivity index (χ4v) is 3.88. The Hall–Kier alpha value is -2.82. The molecule has 3 N–H and O–H groups in total. The first-order valence-corrected chi connectivity index (χ1v) is 10.0. The summed E-state index contributed by atoms with van der Waals surface area (Å²) in [6.45, 7) is 0.509. The second-order valence-corrected chi connectivity index (χ2v) is 7.89. The third kappa shape index (κ3) is 4.64. The Labute approximate surface area is 191 Å². The Morgan fingerprint density at radius 2 is 1.88 bits per heavy atom. The lowest BCUT2D eigenvalue weighted by Crippen LogP contribution is -2.56. The molecule has 0 aliphatic rings. The molecule has 0 aliphatic heterocycles. The maximum absolute atomic E-state index is 14.7. The van der Waals surface area contributed by atoms with E-state index in [1.54, 1.807) is 13.0 Å². The molecule has 1 aromatic heterocycles. The van der Waals surface area contributed by atoms with Crippen LogP contribution in [0, 0.1) is 12.7 Å². The van der Waals surface area contributed by atoms with Crippen LogP contribution >= 0.6 is 11.6 Å². The molecule has 178 valence electrons. The number of aryl methyl sites for hydroxylation is 1. The highest BCUT2D eigenvalue weighted by molar-refractivity contribution is 6.31. The first-order chi connectivity index (χ1) is 15.4. The third-order valence-corrected chi connectivity index (χ3v) is 5.61. The number of anilines is 1. The van der Waals surface area contributed by atoms with Crippen molar-refractivity contribution in [2.24, 2.45) is 0 Å². The number of aliphatic hydroxyl groups is 1. The Morgan fingerprint density at radius 1 is 1.18 bits per heavy atom. The van der Waals surface area contributed by atoms with Crippen molar-refractivity contribution in [3.8, 4) is 5.75 Å². The molecule has 1 heterocycles. The number of hydrogen-bond donors (Lipinski definition) is 3. The summed E-state index contributed by atoms with van der Waals surface area (Å²) in [6.07, 6.45) is -5.20. The van der Waals surface area contributed by atoms with Gasteiger partial charge in [-0.2, -0.15) is 13.2 Å². The molecule has 2 atom stereocenters. The SMILES string of the molecule is COCC(O)(C(Nc1cc(C)cc2[nH]c(=O)ccc12)c1ccc(OC)c(F)c1Cl)C(F)(F)F. The number of aromatic nitrogens is 1. The smallest absolute Gasteiger partial charge is 0.421 e. The van der Waals surface area contributed by atoms with Crippen LogP contribution in [-0.4, -0.2) is 42.7 Å². The van der Waals surface area contributed by atoms with Crippen LogP contribution in [0.2, 0.25) is 5.02 Å². The topological polar surface area (TPSA) is 83.6 Å². The normalized spacial score (nSPS) is 14.7. The van der Waals surface area contributed by atoms with Crippen LogP contribution in [0.25, 0.3) is 10.9 Å². The zero-order valence-corrected chi connectivity index (χ0v) is 18.6. The predicted molar refractivity (Wildman–Crippen MR) is 117 cm³/mol. The molecule has 0 saturated heterocycles. The van der Waals surface area contributed by atoms with E-state index >= 15 is 0 Å². The van der Waals surface area contributed by atoms with Gasteiger partial charge in [0, 0.05) is 24.2 Å². The highest BCUT2D eigenvalue weighted by Gasteiger charge is 2.60. The van der Waals surface area contributed by atoms with Gasteiger partial charge in [0.2, 0.25) is 11.2 Å². The lowest BCUT2D eigenvalue weighted by atomic mass is 9.87. The molecule has 0 bridgehead atoms. The number of hydrogen-bond acceptors (Lipinski definition) is 5. The number of pyridine rings is 1. The molecule has 0 spiro atoms. The summed E-state index contributed by atoms with van der Waals surface area (Å²) in [6, 6.07) is 6.05. The summed E-state index contributed by atoms with van der Waals surface area (Å²) in [5.74, 6) is -1.35. The largest absolute Gasteiger partial charge is 0.494 e. The van der Waals surface area contributed by atoms with Crippen molar-refractivity contribution in [2.45, 2.75) is 24.7 Å². The predicted octanol–water partition coefficient (Wildman–Crippen LogP) is 4.73. The van der Waals surface area contributed by atoms with Gasteiger partial charge in [0.05, 0.1) is 30.3 Å². The summed E-state index contributed by atoms with van der Waals surface area (Å²) in [7, 11) is 2.18. The van der Waals surface area contributed by atoms with E-state index in [0.717, 1.165) is 19.2 Å². The minimum atomic E-state index is -5.20. The maximum atomic E-state index is 14.7. The van der Waals surface area contributed by atoms with Crippen molar-refractivity contribution in [3.63, 3.8) is 0 Å². The van der Waals surface area contributed by atoms with Crippen LogP contribution in [0.4, 0.5) is 23.2 Å². The minimum absolute atomic E-state index is 0.150. The van der Waals surface area contributed by atoms with Gasteiger partial charge >= 0.3 is 6.18 Å². The fourth-order valence-electron chi connectivity index (χ4n) is 3.62. The molecular formula is C22H21ClF4N2O4. The first-order valence-electron chi connectivity index (χ1n) is 9.63. The highest BCUT2D eigenvalue weighted by Crippen LogP contribution is 2.46. The first kappa shape index (κ1) is 24.8. The number of alkyl halides is 3. The van der Waals surface area contributed by atoms with E-state index in [2.05, 4.69) is 10.3 Å². The summed E-state index contributed by atoms with van der Waals surface area (Å²) in [5, 5.41) is 13.3. The quantitative estimate of drug-likeness (QED) is 0.419. The van der Waals surface area contributed by atoms with Gasteiger partial charge in [-0.05, 0) is 42.3 Å². The van der Waals surface area contributed by atoms with E-state index in [1.807, 2.05) is 0 Å². The average Bonchev–Trinajstić information content (AvgIpc) is 2.73. The van der Waals surface area contributed by atoms with E-state index in [1.165, 1.54) is 25.3 Å². The van der Waals surface area contributed by atoms with Gasteiger partial charge < -0.3 is 24.9 Å². The highest BCUT2D eigenvalue weighted by atomic mass is 35.5. The number of fused-ring (bicyclic) bond motifs is 1. The average molecular weight is 489 g/mol. The number of halogens is 5. The minimum Gasteiger partial charge on any atom is -0.494 e. The molecule has 6 nitrogen and oxygen atoms in total. The molecule has 2 aromatic carbocycles. The summed E-state index contributed by atoms with van der Waals surface area (Å²) >= 11 is 6.10. The molecule has 3 aromatic rings. The Balaban J connectivity index is 2.29. The van der Waals surface area contributed by atoms with Gasteiger partial charge in [-0.15, -0.1) is 0 Å². The van der Waals surface area contributed by atoms with E-state index in [9.17, 15) is 27.5 Å². The molecule has 0 saturated carbocycles. The van der Waals surface area contributed by atoms with E-state index in [4.69, 9.17) is 21.1 Å². The van der Waals surface area contributed by atoms with Gasteiger partial charge in [0.1, 0.15) is 0 Å². The van der Waals surface area contributed by atoms with Crippen molar-refractivity contribution < 1.29 is 32.1 Å². The molecule has 0 fully saturated rings. The Kier molecular flexibility index (Phi) is 6.92. The Morgan fingerprint density at radius 3 is 2.48 bits per heavy atom. The molecule has 0 amide bonds. The number of nitrogens with one attached hydrogen (secondary N) is 2. The molecule has 11 heteroatoms. The number of rotatable bonds is 7. The van der Waals surface area contributed by atoms with Gasteiger partial charge in [-0.3, -0.25) is 4.79 Å². The van der Waals surface area contributed by atoms with Crippen LogP contribution in [0.5, 0.6) is 5.75 Å². The second kappa shape index (κ2) is 9.20. The zero-order chi connectivity index (χ0) is 24.6. The molecule has 33 heavy (non-hydrogen) atoms. The van der Waals surface area contributed by atoms with E-state index in [-0.39, 0.29) is 17.0 Å². The summed E-state index contributed by atoms with van der Waals surface area (Å²) in [5.41, 5.74) is -3.16. The van der Waals surface area contributed by atoms with Crippen molar-refractivity contribution in [1.29, 1.82) is 0 Å². The lowest BCUT2D eigenvalue weighted by molar-refractivity contribution is -0.279. The molecule has 2 unspecified atom stereocenters. The van der Waals surface area contributed by atoms with E-state index < -0.39 is 40.8 Å². The second-order valence-electron chi connectivity index (χ2n) is 7.51.